The summed E-state index contributed by atoms with van der Waals surface area (Å²) in [6.07, 6.45) is 0. The van der Waals surface area contributed by atoms with Gasteiger partial charge in [0.1, 0.15) is 5.75 Å². The average Bonchev–Trinajstić information content (AvgIpc) is 3.03. The molecule has 0 aliphatic carbocycles. The molecule has 1 aromatic heterocycles. The number of nitrogens with zero attached hydrogens (tertiary/aromatic N) is 2. The van der Waals surface area contributed by atoms with Gasteiger partial charge in [-0.3, -0.25) is 4.79 Å². The van der Waals surface area contributed by atoms with Crippen molar-refractivity contribution in [3.05, 3.63) is 64.4 Å². The number of ketones is 1. The first-order valence-electron chi connectivity index (χ1n) is 7.36. The largest absolute Gasteiger partial charge is 0.485 e. The smallest absolute Gasteiger partial charge is 0.258 e. The van der Waals surface area contributed by atoms with Gasteiger partial charge in [0, 0.05) is 10.6 Å². The molecule has 0 aliphatic heterocycles. The summed E-state index contributed by atoms with van der Waals surface area (Å²) in [4.78, 5) is 16.0. The fraction of sp³-hybridized carbons (Fsp3) is 0.167. The van der Waals surface area contributed by atoms with E-state index in [-0.39, 0.29) is 12.4 Å². The van der Waals surface area contributed by atoms with Gasteiger partial charge in [-0.2, -0.15) is 4.98 Å². The molecule has 3 aromatic rings. The van der Waals surface area contributed by atoms with E-state index in [0.717, 1.165) is 11.1 Å². The van der Waals surface area contributed by atoms with E-state index in [2.05, 4.69) is 10.1 Å². The zero-order chi connectivity index (χ0) is 17.1. The second kappa shape index (κ2) is 6.84. The first-order valence-corrected chi connectivity index (χ1v) is 7.73. The zero-order valence-corrected chi connectivity index (χ0v) is 14.0. The summed E-state index contributed by atoms with van der Waals surface area (Å²) in [6.45, 7) is 3.56. The van der Waals surface area contributed by atoms with Gasteiger partial charge in [0.05, 0.1) is 5.56 Å². The first kappa shape index (κ1) is 16.2. The number of aromatic nitrogens is 2. The average molecular weight is 343 g/mol. The monoisotopic (exact) mass is 342 g/mol. The molecule has 6 heteroatoms. The third kappa shape index (κ3) is 3.63. The maximum atomic E-state index is 11.7. The predicted octanol–water partition coefficient (Wildman–Crippen LogP) is 4.48. The van der Waals surface area contributed by atoms with Crippen LogP contribution in [0.2, 0.25) is 5.02 Å². The van der Waals surface area contributed by atoms with E-state index >= 15 is 0 Å². The van der Waals surface area contributed by atoms with Crippen molar-refractivity contribution in [1.29, 1.82) is 0 Å². The normalized spacial score (nSPS) is 10.6. The minimum Gasteiger partial charge on any atom is -0.485 e. The van der Waals surface area contributed by atoms with Crippen molar-refractivity contribution in [2.45, 2.75) is 20.5 Å². The lowest BCUT2D eigenvalue weighted by Crippen LogP contribution is -2.02. The Hall–Kier alpha value is -2.66. The molecule has 0 N–H and O–H groups in total. The summed E-state index contributed by atoms with van der Waals surface area (Å²) < 4.78 is 10.9. The lowest BCUT2D eigenvalue weighted by Gasteiger charge is -2.08. The lowest BCUT2D eigenvalue weighted by atomic mass is 10.1. The SMILES string of the molecule is CC(=O)c1cc(Cl)ccc1OCc1noc(-c2ccc(C)cc2)n1. The Labute approximate surface area is 144 Å². The highest BCUT2D eigenvalue weighted by atomic mass is 35.5. The summed E-state index contributed by atoms with van der Waals surface area (Å²) in [5.74, 6) is 1.14. The van der Waals surface area contributed by atoms with Crippen molar-refractivity contribution in [3.8, 4) is 17.2 Å². The number of halogens is 1. The molecule has 0 radical (unpaired) electrons. The highest BCUT2D eigenvalue weighted by Crippen LogP contribution is 2.24. The highest BCUT2D eigenvalue weighted by molar-refractivity contribution is 6.31. The second-order valence-corrected chi connectivity index (χ2v) is 5.80. The fourth-order valence-corrected chi connectivity index (χ4v) is 2.34. The Morgan fingerprint density at radius 3 is 2.67 bits per heavy atom. The van der Waals surface area contributed by atoms with Gasteiger partial charge in [0.2, 0.25) is 5.82 Å². The van der Waals surface area contributed by atoms with E-state index in [1.54, 1.807) is 18.2 Å². The van der Waals surface area contributed by atoms with Crippen LogP contribution < -0.4 is 4.74 Å². The quantitative estimate of drug-likeness (QED) is 0.639. The van der Waals surface area contributed by atoms with E-state index < -0.39 is 0 Å². The Kier molecular flexibility index (Phi) is 4.62. The molecule has 0 aliphatic rings. The molecule has 0 spiro atoms. The third-order valence-electron chi connectivity index (χ3n) is 3.44. The van der Waals surface area contributed by atoms with Crippen molar-refractivity contribution >= 4 is 17.4 Å². The van der Waals surface area contributed by atoms with Gasteiger partial charge in [-0.25, -0.2) is 0 Å². The van der Waals surface area contributed by atoms with Crippen LogP contribution >= 0.6 is 11.6 Å². The van der Waals surface area contributed by atoms with Crippen molar-refractivity contribution < 1.29 is 14.1 Å². The Bertz CT molecular complexity index is 872. The summed E-state index contributed by atoms with van der Waals surface area (Å²) in [7, 11) is 0. The molecular formula is C18H15ClN2O3. The van der Waals surface area contributed by atoms with Crippen molar-refractivity contribution in [1.82, 2.24) is 10.1 Å². The molecule has 0 unspecified atom stereocenters. The van der Waals surface area contributed by atoms with Crippen molar-refractivity contribution in [2.75, 3.05) is 0 Å². The molecule has 0 amide bonds. The van der Waals surface area contributed by atoms with Crippen LogP contribution in [0.3, 0.4) is 0 Å². The molecule has 0 fully saturated rings. The van der Waals surface area contributed by atoms with Gasteiger partial charge in [-0.1, -0.05) is 34.5 Å². The minimum atomic E-state index is -0.124. The molecule has 3 rings (SSSR count). The van der Waals surface area contributed by atoms with Crippen LogP contribution in [0, 0.1) is 6.92 Å². The molecule has 0 bridgehead atoms. The topological polar surface area (TPSA) is 65.2 Å². The Morgan fingerprint density at radius 2 is 1.96 bits per heavy atom. The van der Waals surface area contributed by atoms with E-state index in [0.29, 0.717) is 28.1 Å². The predicted molar refractivity (Wildman–Crippen MR) is 90.3 cm³/mol. The molecular weight excluding hydrogens is 328 g/mol. The number of hydrogen-bond acceptors (Lipinski definition) is 5. The van der Waals surface area contributed by atoms with Gasteiger partial charge in [-0.15, -0.1) is 0 Å². The summed E-state index contributed by atoms with van der Waals surface area (Å²) >= 11 is 5.91. The molecule has 122 valence electrons. The minimum absolute atomic E-state index is 0.0945. The molecule has 5 nitrogen and oxygen atoms in total. The molecule has 24 heavy (non-hydrogen) atoms. The number of carbonyl (C=O) groups excluding carboxylic acids is 1. The molecule has 2 aromatic carbocycles. The maximum Gasteiger partial charge on any atom is 0.258 e. The van der Waals surface area contributed by atoms with E-state index in [1.807, 2.05) is 31.2 Å². The summed E-state index contributed by atoms with van der Waals surface area (Å²) in [6, 6.07) is 12.7. The lowest BCUT2D eigenvalue weighted by molar-refractivity contribution is 0.101. The number of carbonyl (C=O) groups is 1. The van der Waals surface area contributed by atoms with Gasteiger partial charge in [0.15, 0.2) is 12.4 Å². The van der Waals surface area contributed by atoms with Crippen molar-refractivity contribution in [2.24, 2.45) is 0 Å². The van der Waals surface area contributed by atoms with Crippen LogP contribution in [0.15, 0.2) is 47.0 Å². The Balaban J connectivity index is 1.74. The summed E-state index contributed by atoms with van der Waals surface area (Å²) in [5.41, 5.74) is 2.42. The van der Waals surface area contributed by atoms with Crippen LogP contribution in [0.25, 0.3) is 11.5 Å². The van der Waals surface area contributed by atoms with Crippen LogP contribution in [0.1, 0.15) is 28.7 Å². The van der Waals surface area contributed by atoms with E-state index in [9.17, 15) is 4.79 Å². The number of benzene rings is 2. The molecule has 0 atom stereocenters. The molecule has 1 heterocycles. The third-order valence-corrected chi connectivity index (χ3v) is 3.68. The van der Waals surface area contributed by atoms with Crippen molar-refractivity contribution in [3.63, 3.8) is 0 Å². The number of hydrogen-bond donors (Lipinski definition) is 0. The Morgan fingerprint density at radius 1 is 1.21 bits per heavy atom. The zero-order valence-electron chi connectivity index (χ0n) is 13.2. The number of ether oxygens (including phenoxy) is 1. The van der Waals surface area contributed by atoms with Crippen LogP contribution in [-0.4, -0.2) is 15.9 Å². The maximum absolute atomic E-state index is 11.7. The number of aryl methyl sites for hydroxylation is 1. The van der Waals surface area contributed by atoms with E-state index in [4.69, 9.17) is 20.9 Å². The molecule has 0 saturated heterocycles. The van der Waals surface area contributed by atoms with Gasteiger partial charge >= 0.3 is 0 Å². The number of rotatable bonds is 5. The first-order chi connectivity index (χ1) is 11.5. The second-order valence-electron chi connectivity index (χ2n) is 5.37. The van der Waals surface area contributed by atoms with Crippen LogP contribution in [-0.2, 0) is 6.61 Å². The van der Waals surface area contributed by atoms with Gasteiger partial charge in [-0.05, 0) is 44.2 Å². The molecule has 0 saturated carbocycles. The fourth-order valence-electron chi connectivity index (χ4n) is 2.17. The standard InChI is InChI=1S/C18H15ClN2O3/c1-11-3-5-13(6-4-11)18-20-17(21-24-18)10-23-16-8-7-14(19)9-15(16)12(2)22/h3-9H,10H2,1-2H3. The van der Waals surface area contributed by atoms with Crippen LogP contribution in [0.5, 0.6) is 5.75 Å². The van der Waals surface area contributed by atoms with E-state index in [1.165, 1.54) is 6.92 Å². The number of Topliss-reactive ketones (excluding diaryl/α,β-unsaturated/α-hetero) is 1. The summed E-state index contributed by atoms with van der Waals surface area (Å²) in [5, 5.41) is 4.38. The van der Waals surface area contributed by atoms with Gasteiger partial charge in [0.25, 0.3) is 5.89 Å². The highest BCUT2D eigenvalue weighted by Gasteiger charge is 2.12. The van der Waals surface area contributed by atoms with Crippen LogP contribution in [0.4, 0.5) is 0 Å². The van der Waals surface area contributed by atoms with Gasteiger partial charge < -0.3 is 9.26 Å².